The van der Waals surface area contributed by atoms with Gasteiger partial charge < -0.3 is 25.6 Å². The summed E-state index contributed by atoms with van der Waals surface area (Å²) in [6, 6.07) is 12.0. The summed E-state index contributed by atoms with van der Waals surface area (Å²) in [5.74, 6) is -0.931. The highest BCUT2D eigenvalue weighted by Crippen LogP contribution is 2.31. The van der Waals surface area contributed by atoms with Crippen molar-refractivity contribution in [1.29, 1.82) is 0 Å². The van der Waals surface area contributed by atoms with Crippen LogP contribution >= 0.6 is 12.4 Å². The molecule has 5 rings (SSSR count). The lowest BCUT2D eigenvalue weighted by Crippen LogP contribution is -2.50. The number of hydrogen-bond acceptors (Lipinski definition) is 6. The fourth-order valence-corrected chi connectivity index (χ4v) is 4.95. The van der Waals surface area contributed by atoms with Gasteiger partial charge in [0.2, 0.25) is 5.88 Å². The van der Waals surface area contributed by atoms with Crippen molar-refractivity contribution in [2.45, 2.75) is 18.9 Å². The number of nitrogens with zero attached hydrogens (tertiary/aromatic N) is 3. The van der Waals surface area contributed by atoms with E-state index >= 15 is 0 Å². The van der Waals surface area contributed by atoms with Gasteiger partial charge in [0.15, 0.2) is 0 Å². The van der Waals surface area contributed by atoms with Gasteiger partial charge in [-0.1, -0.05) is 12.1 Å². The summed E-state index contributed by atoms with van der Waals surface area (Å²) in [4.78, 5) is 34.2. The number of benzene rings is 2. The molecule has 3 N–H and O–H groups in total. The number of carbonyl (C=O) groups excluding carboxylic acids is 2. The third kappa shape index (κ3) is 6.75. The Bertz CT molecular complexity index is 1340. The summed E-state index contributed by atoms with van der Waals surface area (Å²) in [6.45, 7) is 3.22. The van der Waals surface area contributed by atoms with Crippen LogP contribution < -0.4 is 15.8 Å². The molecule has 212 valence electrons. The van der Waals surface area contributed by atoms with Gasteiger partial charge in [0.1, 0.15) is 17.7 Å². The summed E-state index contributed by atoms with van der Waals surface area (Å²) >= 11 is 0. The van der Waals surface area contributed by atoms with Crippen molar-refractivity contribution in [3.05, 3.63) is 83.1 Å². The van der Waals surface area contributed by atoms with E-state index in [4.69, 9.17) is 10.5 Å². The number of pyridine rings is 1. The molecule has 3 heterocycles. The van der Waals surface area contributed by atoms with E-state index in [0.717, 1.165) is 13.0 Å². The molecule has 1 aromatic heterocycles. The first-order chi connectivity index (χ1) is 18.9. The molecule has 2 aliphatic heterocycles. The normalized spacial score (nSPS) is 16.9. The van der Waals surface area contributed by atoms with Crippen LogP contribution in [0.5, 0.6) is 5.88 Å². The van der Waals surface area contributed by atoms with Crippen LogP contribution in [0.2, 0.25) is 0 Å². The highest BCUT2D eigenvalue weighted by Gasteiger charge is 2.27. The molecule has 1 atom stereocenters. The number of piperazine rings is 1. The summed E-state index contributed by atoms with van der Waals surface area (Å²) < 4.78 is 33.7. The molecule has 2 aliphatic rings. The largest absolute Gasteiger partial charge is 0.473 e. The average Bonchev–Trinajstić information content (AvgIpc) is 3.46. The summed E-state index contributed by atoms with van der Waals surface area (Å²) in [7, 11) is 0. The second kappa shape index (κ2) is 13.2. The average molecular weight is 572 g/mol. The van der Waals surface area contributed by atoms with E-state index in [1.54, 1.807) is 34.1 Å². The lowest BCUT2D eigenvalue weighted by atomic mass is 10.0. The SMILES string of the molecule is Cl.NCCc1cc(F)cc(C(=O)N2CCN(C(=O)c3cnc(OC4CCNC4)c(-c4ccc(F)cc4)c3)CC2)c1. The first-order valence-corrected chi connectivity index (χ1v) is 13.1. The lowest BCUT2D eigenvalue weighted by molar-refractivity contribution is 0.0535. The molecule has 2 aromatic carbocycles. The van der Waals surface area contributed by atoms with Gasteiger partial charge in [-0.3, -0.25) is 9.59 Å². The van der Waals surface area contributed by atoms with E-state index in [9.17, 15) is 18.4 Å². The van der Waals surface area contributed by atoms with Crippen LogP contribution in [-0.2, 0) is 6.42 Å². The summed E-state index contributed by atoms with van der Waals surface area (Å²) in [6.07, 6.45) is 2.79. The molecule has 11 heteroatoms. The van der Waals surface area contributed by atoms with Crippen molar-refractivity contribution in [1.82, 2.24) is 20.1 Å². The Morgan fingerprint density at radius 3 is 2.25 bits per heavy atom. The van der Waals surface area contributed by atoms with E-state index in [1.165, 1.54) is 30.5 Å². The van der Waals surface area contributed by atoms with Crippen molar-refractivity contribution in [3.63, 3.8) is 0 Å². The van der Waals surface area contributed by atoms with Gasteiger partial charge in [0.25, 0.3) is 11.8 Å². The summed E-state index contributed by atoms with van der Waals surface area (Å²) in [5, 5.41) is 3.25. The number of aromatic nitrogens is 1. The Morgan fingerprint density at radius 2 is 1.62 bits per heavy atom. The van der Waals surface area contributed by atoms with Crippen LogP contribution in [-0.4, -0.2) is 78.5 Å². The van der Waals surface area contributed by atoms with Crippen LogP contribution in [0.4, 0.5) is 8.78 Å². The Labute approximate surface area is 237 Å². The monoisotopic (exact) mass is 571 g/mol. The zero-order valence-corrected chi connectivity index (χ0v) is 22.8. The number of rotatable bonds is 7. The van der Waals surface area contributed by atoms with Crippen LogP contribution in [0.15, 0.2) is 54.7 Å². The van der Waals surface area contributed by atoms with Gasteiger partial charge in [-0.15, -0.1) is 12.4 Å². The predicted molar refractivity (Wildman–Crippen MR) is 150 cm³/mol. The Kier molecular flexibility index (Phi) is 9.67. The topological polar surface area (TPSA) is 101 Å². The predicted octanol–water partition coefficient (Wildman–Crippen LogP) is 3.29. The first kappa shape index (κ1) is 29.4. The molecule has 8 nitrogen and oxygen atoms in total. The second-order valence-electron chi connectivity index (χ2n) is 9.79. The van der Waals surface area contributed by atoms with Crippen LogP contribution in [0, 0.1) is 11.6 Å². The van der Waals surface area contributed by atoms with Crippen molar-refractivity contribution in [3.8, 4) is 17.0 Å². The number of amides is 2. The Hall–Kier alpha value is -3.60. The van der Waals surface area contributed by atoms with E-state index < -0.39 is 5.82 Å². The molecule has 2 fully saturated rings. The van der Waals surface area contributed by atoms with Gasteiger partial charge in [0.05, 0.1) is 5.56 Å². The maximum Gasteiger partial charge on any atom is 0.255 e. The van der Waals surface area contributed by atoms with Gasteiger partial charge in [-0.2, -0.15) is 0 Å². The molecular formula is C29H32ClF2N5O3. The molecule has 2 saturated heterocycles. The number of nitrogens with two attached hydrogens (primary N) is 1. The van der Waals surface area contributed by atoms with E-state index in [1.807, 2.05) is 0 Å². The number of ether oxygens (including phenoxy) is 1. The smallest absolute Gasteiger partial charge is 0.255 e. The van der Waals surface area contributed by atoms with Crippen LogP contribution in [0.1, 0.15) is 32.7 Å². The maximum absolute atomic E-state index is 14.0. The van der Waals surface area contributed by atoms with Gasteiger partial charge >= 0.3 is 0 Å². The van der Waals surface area contributed by atoms with E-state index in [2.05, 4.69) is 10.3 Å². The van der Waals surface area contributed by atoms with E-state index in [0.29, 0.717) is 73.8 Å². The van der Waals surface area contributed by atoms with Crippen molar-refractivity contribution in [2.75, 3.05) is 45.8 Å². The number of halogens is 3. The molecule has 0 aliphatic carbocycles. The standard InChI is InChI=1S/C29H31F2N5O3.ClH/c30-23-3-1-20(2-4-23)26-16-22(17-34-27(26)39-25-6-8-33-18-25)29(38)36-11-9-35(10-12-36)28(37)21-13-19(5-7-32)14-24(31)15-21;/h1-4,13-17,25,33H,5-12,18,32H2;1H. The molecule has 1 unspecified atom stereocenters. The van der Waals surface area contributed by atoms with Gasteiger partial charge in [-0.05, 0) is 73.5 Å². The highest BCUT2D eigenvalue weighted by molar-refractivity contribution is 5.97. The quantitative estimate of drug-likeness (QED) is 0.451. The molecule has 40 heavy (non-hydrogen) atoms. The molecule has 0 bridgehead atoms. The Morgan fingerprint density at radius 1 is 0.950 bits per heavy atom. The molecule has 0 spiro atoms. The zero-order chi connectivity index (χ0) is 27.4. The van der Waals surface area contributed by atoms with Crippen molar-refractivity contribution in [2.24, 2.45) is 5.73 Å². The number of nitrogens with one attached hydrogen (secondary N) is 1. The molecular weight excluding hydrogens is 540 g/mol. The fraction of sp³-hybridized carbons (Fsp3) is 0.345. The zero-order valence-electron chi connectivity index (χ0n) is 21.9. The minimum Gasteiger partial charge on any atom is -0.473 e. The number of hydrogen-bond donors (Lipinski definition) is 2. The van der Waals surface area contributed by atoms with Gasteiger partial charge in [-0.25, -0.2) is 13.8 Å². The van der Waals surface area contributed by atoms with Crippen LogP contribution in [0.25, 0.3) is 11.1 Å². The fourth-order valence-electron chi connectivity index (χ4n) is 4.95. The first-order valence-electron chi connectivity index (χ1n) is 13.1. The highest BCUT2D eigenvalue weighted by atomic mass is 35.5. The molecule has 2 amide bonds. The van der Waals surface area contributed by atoms with Crippen molar-refractivity contribution < 1.29 is 23.1 Å². The minimum absolute atomic E-state index is 0. The van der Waals surface area contributed by atoms with Crippen molar-refractivity contribution >= 4 is 24.2 Å². The maximum atomic E-state index is 14.0. The lowest BCUT2D eigenvalue weighted by Gasteiger charge is -2.35. The van der Waals surface area contributed by atoms with E-state index in [-0.39, 0.29) is 41.7 Å². The van der Waals surface area contributed by atoms with Gasteiger partial charge in [0, 0.05) is 50.0 Å². The van der Waals surface area contributed by atoms with Crippen LogP contribution in [0.3, 0.4) is 0 Å². The minimum atomic E-state index is -0.473. The Balaban J connectivity index is 0.00000370. The number of carbonyl (C=O) groups is 2. The molecule has 0 saturated carbocycles. The summed E-state index contributed by atoms with van der Waals surface area (Å²) in [5.41, 5.74) is 8.22. The third-order valence-corrected chi connectivity index (χ3v) is 7.04. The third-order valence-electron chi connectivity index (χ3n) is 7.04. The molecule has 0 radical (unpaired) electrons. The second-order valence-corrected chi connectivity index (χ2v) is 9.79. The molecule has 3 aromatic rings.